The van der Waals surface area contributed by atoms with Gasteiger partial charge in [0.05, 0.1) is 6.61 Å². The highest BCUT2D eigenvalue weighted by Crippen LogP contribution is 2.20. The van der Waals surface area contributed by atoms with Crippen LogP contribution in [-0.4, -0.2) is 94.5 Å². The van der Waals surface area contributed by atoms with Crippen LogP contribution in [0.4, 0.5) is 4.79 Å². The van der Waals surface area contributed by atoms with Crippen LogP contribution >= 0.6 is 0 Å². The number of hydrogen-bond acceptors (Lipinski definition) is 8. The first-order chi connectivity index (χ1) is 31.7. The highest BCUT2D eigenvalue weighted by molar-refractivity contribution is 5.69. The lowest BCUT2D eigenvalue weighted by atomic mass is 10.0. The van der Waals surface area contributed by atoms with Crippen molar-refractivity contribution in [1.29, 1.82) is 0 Å². The number of carbonyl (C=O) groups excluding carboxylic acids is 3. The van der Waals surface area contributed by atoms with Crippen molar-refractivity contribution in [3.63, 3.8) is 0 Å². The van der Waals surface area contributed by atoms with Crippen LogP contribution in [-0.2, 0) is 23.8 Å². The van der Waals surface area contributed by atoms with Crippen molar-refractivity contribution < 1.29 is 28.6 Å². The third-order valence-corrected chi connectivity index (χ3v) is 13.0. The summed E-state index contributed by atoms with van der Waals surface area (Å²) in [5.41, 5.74) is 0. The monoisotopic (exact) mass is 922 g/mol. The molecule has 1 N–H and O–H groups in total. The van der Waals surface area contributed by atoms with Crippen molar-refractivity contribution in [2.24, 2.45) is 0 Å². The Morgan fingerprint density at radius 1 is 0.385 bits per heavy atom. The van der Waals surface area contributed by atoms with Gasteiger partial charge in [-0.1, -0.05) is 187 Å². The molecule has 0 heterocycles. The minimum Gasteiger partial charge on any atom is -0.466 e. The van der Waals surface area contributed by atoms with Gasteiger partial charge >= 0.3 is 18.0 Å². The van der Waals surface area contributed by atoms with Gasteiger partial charge in [-0.3, -0.25) is 9.59 Å². The van der Waals surface area contributed by atoms with Crippen LogP contribution in [0, 0.1) is 0 Å². The highest BCUT2D eigenvalue weighted by Gasteiger charge is 2.17. The van der Waals surface area contributed by atoms with Crippen molar-refractivity contribution in [3.05, 3.63) is 0 Å². The van der Waals surface area contributed by atoms with E-state index in [1.54, 1.807) is 0 Å². The number of nitrogens with one attached hydrogen (secondary N) is 1. The lowest BCUT2D eigenvalue weighted by Gasteiger charge is -2.20. The van der Waals surface area contributed by atoms with Crippen LogP contribution in [0.15, 0.2) is 0 Å². The molecule has 0 aliphatic carbocycles. The second-order valence-corrected chi connectivity index (χ2v) is 20.2. The lowest BCUT2D eigenvalue weighted by molar-refractivity contribution is -0.150. The molecular weight excluding hydrogens is 811 g/mol. The molecular formula is C56H111N3O6. The zero-order valence-corrected chi connectivity index (χ0v) is 44.3. The number of unbranched alkanes of at least 4 members (excludes halogenated alkanes) is 29. The first-order valence-corrected chi connectivity index (χ1v) is 28.3. The molecule has 0 aliphatic heterocycles. The highest BCUT2D eigenvalue weighted by atomic mass is 16.6. The van der Waals surface area contributed by atoms with Gasteiger partial charge in [0.1, 0.15) is 12.2 Å². The van der Waals surface area contributed by atoms with E-state index < -0.39 is 0 Å². The number of esters is 2. The molecule has 0 fully saturated rings. The summed E-state index contributed by atoms with van der Waals surface area (Å²) < 4.78 is 17.6. The molecule has 0 aromatic carbocycles. The summed E-state index contributed by atoms with van der Waals surface area (Å²) in [5, 5.41) is 2.95. The summed E-state index contributed by atoms with van der Waals surface area (Å²) in [5.74, 6) is -0.0858. The van der Waals surface area contributed by atoms with Crippen LogP contribution in [0.1, 0.15) is 277 Å². The van der Waals surface area contributed by atoms with Crippen LogP contribution in [0.3, 0.4) is 0 Å². The molecule has 0 saturated carbocycles. The molecule has 0 aliphatic rings. The van der Waals surface area contributed by atoms with Crippen LogP contribution < -0.4 is 5.32 Å². The maximum atomic E-state index is 12.9. The SMILES string of the molecule is CCCCCCCCCCCCCCCC(=O)OCCCCCCC(CCCCCC(CCCN(C)C)OC(=O)CCCCCCCCCCCCCCC)OC(=O)NCCCN(C)C. The molecule has 65 heavy (non-hydrogen) atoms. The molecule has 2 atom stereocenters. The Labute approximate surface area is 404 Å². The Morgan fingerprint density at radius 2 is 0.723 bits per heavy atom. The fourth-order valence-electron chi connectivity index (χ4n) is 8.76. The molecule has 0 aromatic heterocycles. The van der Waals surface area contributed by atoms with Gasteiger partial charge in [0.15, 0.2) is 0 Å². The number of carbonyl (C=O) groups is 3. The average Bonchev–Trinajstić information content (AvgIpc) is 3.27. The van der Waals surface area contributed by atoms with Gasteiger partial charge < -0.3 is 29.3 Å². The number of rotatable bonds is 51. The van der Waals surface area contributed by atoms with Gasteiger partial charge in [-0.15, -0.1) is 0 Å². The standard InChI is InChI=1S/C56H111N3O6/c1-7-9-11-13-15-17-19-21-23-25-27-29-37-46-54(60)63-51-39-32-31-34-43-53(65-56(62)57-48-41-50-59(5)6)44-36-33-35-42-52(45-40-49-58(3)4)64-55(61)47-38-30-28-26-24-22-20-18-16-14-12-10-8-2/h52-53H,7-51H2,1-6H3,(H,57,62). The van der Waals surface area contributed by atoms with E-state index in [0.717, 1.165) is 122 Å². The van der Waals surface area contributed by atoms with E-state index >= 15 is 0 Å². The third kappa shape index (κ3) is 49.8. The number of nitrogens with zero attached hydrogens (tertiary/aromatic N) is 2. The first kappa shape index (κ1) is 63.1. The Bertz CT molecular complexity index is 1030. The normalized spacial score (nSPS) is 12.5. The van der Waals surface area contributed by atoms with E-state index in [1.165, 1.54) is 141 Å². The molecule has 0 radical (unpaired) electrons. The fraction of sp³-hybridized carbons (Fsp3) is 0.946. The average molecular weight is 923 g/mol. The molecule has 9 heteroatoms. The fourth-order valence-corrected chi connectivity index (χ4v) is 8.76. The summed E-state index contributed by atoms with van der Waals surface area (Å²) in [6.45, 7) is 7.57. The van der Waals surface area contributed by atoms with Gasteiger partial charge in [-0.25, -0.2) is 4.79 Å². The molecule has 386 valence electrons. The van der Waals surface area contributed by atoms with Crippen molar-refractivity contribution >= 4 is 18.0 Å². The first-order valence-electron chi connectivity index (χ1n) is 28.3. The van der Waals surface area contributed by atoms with Gasteiger partial charge in [0, 0.05) is 19.4 Å². The molecule has 1 amide bonds. The number of alkyl carbamates (subject to hydrolysis) is 1. The summed E-state index contributed by atoms with van der Waals surface area (Å²) in [4.78, 5) is 42.2. The van der Waals surface area contributed by atoms with E-state index in [2.05, 4.69) is 43.1 Å². The van der Waals surface area contributed by atoms with Gasteiger partial charge in [0.25, 0.3) is 0 Å². The summed E-state index contributed by atoms with van der Waals surface area (Å²) in [6.07, 6.45) is 46.7. The van der Waals surface area contributed by atoms with Crippen LogP contribution in [0.5, 0.6) is 0 Å². The smallest absolute Gasteiger partial charge is 0.407 e. The summed E-state index contributed by atoms with van der Waals surface area (Å²) in [6, 6.07) is 0. The number of amides is 1. The summed E-state index contributed by atoms with van der Waals surface area (Å²) >= 11 is 0. The summed E-state index contributed by atoms with van der Waals surface area (Å²) in [7, 11) is 8.27. The Morgan fingerprint density at radius 3 is 1.17 bits per heavy atom. The third-order valence-electron chi connectivity index (χ3n) is 13.0. The molecule has 0 saturated heterocycles. The predicted molar refractivity (Wildman–Crippen MR) is 277 cm³/mol. The zero-order valence-electron chi connectivity index (χ0n) is 44.3. The molecule has 0 spiro atoms. The molecule has 0 bridgehead atoms. The molecule has 0 rings (SSSR count). The quantitative estimate of drug-likeness (QED) is 0.0366. The number of ether oxygens (including phenoxy) is 3. The Kier molecular flexibility index (Phi) is 48.6. The van der Waals surface area contributed by atoms with Crippen molar-refractivity contribution in [2.75, 3.05) is 54.4 Å². The van der Waals surface area contributed by atoms with Crippen LogP contribution in [0.2, 0.25) is 0 Å². The predicted octanol–water partition coefficient (Wildman–Crippen LogP) is 15.7. The van der Waals surface area contributed by atoms with Gasteiger partial charge in [0.2, 0.25) is 0 Å². The second-order valence-electron chi connectivity index (χ2n) is 20.2. The second kappa shape index (κ2) is 50.0. The minimum atomic E-state index is -0.319. The topological polar surface area (TPSA) is 97.4 Å². The van der Waals surface area contributed by atoms with E-state index in [1.807, 2.05) is 14.1 Å². The van der Waals surface area contributed by atoms with Crippen molar-refractivity contribution in [1.82, 2.24) is 15.1 Å². The maximum Gasteiger partial charge on any atom is 0.407 e. The largest absolute Gasteiger partial charge is 0.466 e. The van der Waals surface area contributed by atoms with Crippen LogP contribution in [0.25, 0.3) is 0 Å². The lowest BCUT2D eigenvalue weighted by Crippen LogP contribution is -2.31. The Hall–Kier alpha value is -1.87. The molecule has 9 nitrogen and oxygen atoms in total. The minimum absolute atomic E-state index is 0.0251. The van der Waals surface area contributed by atoms with E-state index in [0.29, 0.717) is 26.0 Å². The van der Waals surface area contributed by atoms with Gasteiger partial charge in [-0.05, 0) is 118 Å². The van der Waals surface area contributed by atoms with Crippen molar-refractivity contribution in [2.45, 2.75) is 289 Å². The maximum absolute atomic E-state index is 12.9. The van der Waals surface area contributed by atoms with Gasteiger partial charge in [-0.2, -0.15) is 0 Å². The van der Waals surface area contributed by atoms with E-state index in [4.69, 9.17) is 14.2 Å². The zero-order chi connectivity index (χ0) is 47.7. The molecule has 2 unspecified atom stereocenters. The Balaban J connectivity index is 4.45. The van der Waals surface area contributed by atoms with Crippen molar-refractivity contribution in [3.8, 4) is 0 Å². The molecule has 0 aromatic rings. The van der Waals surface area contributed by atoms with E-state index in [-0.39, 0.29) is 30.2 Å². The number of hydrogen-bond donors (Lipinski definition) is 1. The van der Waals surface area contributed by atoms with E-state index in [9.17, 15) is 14.4 Å².